The lowest BCUT2D eigenvalue weighted by Gasteiger charge is -2.09. The lowest BCUT2D eigenvalue weighted by atomic mass is 9.98. The Bertz CT molecular complexity index is 387. The van der Waals surface area contributed by atoms with Gasteiger partial charge in [0.05, 0.1) is 27.1 Å². The predicted octanol–water partition coefficient (Wildman–Crippen LogP) is 1.43. The normalized spacial score (nSPS) is 9.82. The number of benzene rings is 1. The summed E-state index contributed by atoms with van der Waals surface area (Å²) in [7, 11) is 2.71. The van der Waals surface area contributed by atoms with E-state index in [1.165, 1.54) is 14.2 Å². The summed E-state index contributed by atoms with van der Waals surface area (Å²) < 4.78 is 9.24. The summed E-state index contributed by atoms with van der Waals surface area (Å²) in [6.45, 7) is 1.89. The molecule has 0 amide bonds. The summed E-state index contributed by atoms with van der Waals surface area (Å²) in [4.78, 5) is 22.4. The van der Waals surface area contributed by atoms with E-state index in [0.29, 0.717) is 0 Å². The topological polar surface area (TPSA) is 52.6 Å². The van der Waals surface area contributed by atoms with E-state index < -0.39 is 0 Å². The molecular formula is C13H16O4. The minimum Gasteiger partial charge on any atom is -0.469 e. The van der Waals surface area contributed by atoms with Crippen molar-refractivity contribution in [3.63, 3.8) is 0 Å². The van der Waals surface area contributed by atoms with Crippen molar-refractivity contribution in [3.05, 3.63) is 34.9 Å². The molecule has 0 atom stereocenters. The number of carbonyl (C=O) groups excluding carboxylic acids is 2. The van der Waals surface area contributed by atoms with E-state index in [0.717, 1.165) is 16.7 Å². The molecule has 0 aliphatic carbocycles. The van der Waals surface area contributed by atoms with Gasteiger partial charge in [0.15, 0.2) is 0 Å². The average Bonchev–Trinajstić information content (AvgIpc) is 2.33. The highest BCUT2D eigenvalue weighted by Crippen LogP contribution is 2.15. The number of hydrogen-bond donors (Lipinski definition) is 0. The maximum Gasteiger partial charge on any atom is 0.309 e. The molecule has 0 N–H and O–H groups in total. The molecule has 0 saturated heterocycles. The molecule has 0 radical (unpaired) electrons. The van der Waals surface area contributed by atoms with Gasteiger partial charge < -0.3 is 9.47 Å². The maximum atomic E-state index is 11.2. The fraction of sp³-hybridized carbons (Fsp3) is 0.385. The number of methoxy groups -OCH3 is 2. The maximum absolute atomic E-state index is 11.2. The van der Waals surface area contributed by atoms with Crippen LogP contribution < -0.4 is 0 Å². The highest BCUT2D eigenvalue weighted by atomic mass is 16.5. The van der Waals surface area contributed by atoms with Gasteiger partial charge in [-0.2, -0.15) is 0 Å². The second-order valence-corrected chi connectivity index (χ2v) is 3.71. The van der Waals surface area contributed by atoms with E-state index >= 15 is 0 Å². The van der Waals surface area contributed by atoms with Crippen LogP contribution in [0.1, 0.15) is 16.7 Å². The molecule has 0 bridgehead atoms. The van der Waals surface area contributed by atoms with Gasteiger partial charge in [0.25, 0.3) is 0 Å². The van der Waals surface area contributed by atoms with Crippen LogP contribution in [-0.4, -0.2) is 26.2 Å². The molecule has 4 nitrogen and oxygen atoms in total. The molecule has 17 heavy (non-hydrogen) atoms. The Morgan fingerprint density at radius 1 is 1.00 bits per heavy atom. The molecular weight excluding hydrogens is 220 g/mol. The Morgan fingerprint density at radius 3 is 1.76 bits per heavy atom. The van der Waals surface area contributed by atoms with Crippen LogP contribution in [0.2, 0.25) is 0 Å². The van der Waals surface area contributed by atoms with Crippen LogP contribution in [0.3, 0.4) is 0 Å². The van der Waals surface area contributed by atoms with E-state index in [1.807, 2.05) is 25.1 Å². The molecule has 0 unspecified atom stereocenters. The van der Waals surface area contributed by atoms with Crippen molar-refractivity contribution in [3.8, 4) is 0 Å². The third kappa shape index (κ3) is 3.59. The van der Waals surface area contributed by atoms with Crippen molar-refractivity contribution >= 4 is 11.9 Å². The Hall–Kier alpha value is -1.84. The molecule has 1 aromatic carbocycles. The van der Waals surface area contributed by atoms with Crippen LogP contribution >= 0.6 is 0 Å². The lowest BCUT2D eigenvalue weighted by molar-refractivity contribution is -0.140. The number of rotatable bonds is 4. The van der Waals surface area contributed by atoms with Gasteiger partial charge in [0.1, 0.15) is 0 Å². The summed E-state index contributed by atoms with van der Waals surface area (Å²) in [6, 6.07) is 5.53. The van der Waals surface area contributed by atoms with Gasteiger partial charge in [0.2, 0.25) is 0 Å². The monoisotopic (exact) mass is 236 g/mol. The Balaban J connectivity index is 2.91. The molecule has 4 heteroatoms. The van der Waals surface area contributed by atoms with Crippen LogP contribution in [0.15, 0.2) is 18.2 Å². The number of carbonyl (C=O) groups is 2. The molecule has 0 aliphatic heterocycles. The van der Waals surface area contributed by atoms with Crippen molar-refractivity contribution in [2.45, 2.75) is 19.8 Å². The molecule has 0 fully saturated rings. The fourth-order valence-corrected chi connectivity index (χ4v) is 1.58. The van der Waals surface area contributed by atoms with Crippen molar-refractivity contribution in [2.24, 2.45) is 0 Å². The molecule has 0 saturated carbocycles. The van der Waals surface area contributed by atoms with E-state index in [2.05, 4.69) is 9.47 Å². The first-order chi connectivity index (χ1) is 8.08. The minimum absolute atomic E-state index is 0.220. The van der Waals surface area contributed by atoms with Gasteiger partial charge >= 0.3 is 11.9 Å². The minimum atomic E-state index is -0.289. The summed E-state index contributed by atoms with van der Waals surface area (Å²) in [5.41, 5.74) is 2.68. The first kappa shape index (κ1) is 13.2. The van der Waals surface area contributed by atoms with Crippen molar-refractivity contribution in [1.29, 1.82) is 0 Å². The number of hydrogen-bond acceptors (Lipinski definition) is 4. The standard InChI is InChI=1S/C13H16O4/c1-9-10(7-12(14)16-2)5-4-6-11(9)8-13(15)17-3/h4-6H,7-8H2,1-3H3. The van der Waals surface area contributed by atoms with E-state index in [4.69, 9.17) is 0 Å². The zero-order valence-electron chi connectivity index (χ0n) is 10.3. The largest absolute Gasteiger partial charge is 0.469 e. The number of ether oxygens (including phenoxy) is 2. The zero-order chi connectivity index (χ0) is 12.8. The smallest absolute Gasteiger partial charge is 0.309 e. The van der Waals surface area contributed by atoms with Crippen LogP contribution in [0, 0.1) is 6.92 Å². The van der Waals surface area contributed by atoms with E-state index in [-0.39, 0.29) is 24.8 Å². The van der Waals surface area contributed by atoms with Crippen LogP contribution in [0.4, 0.5) is 0 Å². The predicted molar refractivity (Wildman–Crippen MR) is 62.6 cm³/mol. The van der Waals surface area contributed by atoms with Crippen molar-refractivity contribution in [2.75, 3.05) is 14.2 Å². The molecule has 1 rings (SSSR count). The second-order valence-electron chi connectivity index (χ2n) is 3.71. The molecule has 0 aliphatic rings. The van der Waals surface area contributed by atoms with E-state index in [1.54, 1.807) is 0 Å². The van der Waals surface area contributed by atoms with Gasteiger partial charge in [-0.25, -0.2) is 0 Å². The van der Waals surface area contributed by atoms with E-state index in [9.17, 15) is 9.59 Å². The second kappa shape index (κ2) is 6.03. The van der Waals surface area contributed by atoms with Crippen molar-refractivity contribution in [1.82, 2.24) is 0 Å². The summed E-state index contributed by atoms with van der Waals surface area (Å²) in [5.74, 6) is -0.577. The van der Waals surface area contributed by atoms with Crippen LogP contribution in [-0.2, 0) is 31.9 Å². The van der Waals surface area contributed by atoms with Crippen molar-refractivity contribution < 1.29 is 19.1 Å². The highest BCUT2D eigenvalue weighted by Gasteiger charge is 2.11. The molecule has 1 aromatic rings. The van der Waals surface area contributed by atoms with Gasteiger partial charge in [0, 0.05) is 0 Å². The summed E-state index contributed by atoms with van der Waals surface area (Å²) in [5, 5.41) is 0. The van der Waals surface area contributed by atoms with Crippen LogP contribution in [0.5, 0.6) is 0 Å². The Kier molecular flexibility index (Phi) is 4.69. The zero-order valence-corrected chi connectivity index (χ0v) is 10.3. The average molecular weight is 236 g/mol. The Labute approximate surface area is 101 Å². The third-order valence-electron chi connectivity index (χ3n) is 2.68. The summed E-state index contributed by atoms with van der Waals surface area (Å²) >= 11 is 0. The third-order valence-corrected chi connectivity index (χ3v) is 2.68. The number of esters is 2. The fourth-order valence-electron chi connectivity index (χ4n) is 1.58. The molecule has 0 spiro atoms. The van der Waals surface area contributed by atoms with Crippen LogP contribution in [0.25, 0.3) is 0 Å². The summed E-state index contributed by atoms with van der Waals surface area (Å²) in [6.07, 6.45) is 0.439. The van der Waals surface area contributed by atoms with Gasteiger partial charge in [-0.3, -0.25) is 9.59 Å². The molecule has 0 aromatic heterocycles. The highest BCUT2D eigenvalue weighted by molar-refractivity contribution is 5.75. The van der Waals surface area contributed by atoms with Gasteiger partial charge in [-0.1, -0.05) is 18.2 Å². The SMILES string of the molecule is COC(=O)Cc1cccc(CC(=O)OC)c1C. The lowest BCUT2D eigenvalue weighted by Crippen LogP contribution is -2.10. The Morgan fingerprint density at radius 2 is 1.41 bits per heavy atom. The first-order valence-electron chi connectivity index (χ1n) is 5.29. The molecule has 0 heterocycles. The first-order valence-corrected chi connectivity index (χ1v) is 5.29. The van der Waals surface area contributed by atoms with Gasteiger partial charge in [-0.15, -0.1) is 0 Å². The van der Waals surface area contributed by atoms with Gasteiger partial charge in [-0.05, 0) is 23.6 Å². The molecule has 92 valence electrons. The quantitative estimate of drug-likeness (QED) is 0.742.